The van der Waals surface area contributed by atoms with Gasteiger partial charge in [-0.05, 0) is 12.8 Å². The van der Waals surface area contributed by atoms with E-state index in [1.165, 1.54) is 0 Å². The topological polar surface area (TPSA) is 17.1 Å². The van der Waals surface area contributed by atoms with E-state index >= 15 is 0 Å². The average molecular weight is 140 g/mol. The van der Waals surface area contributed by atoms with Crippen LogP contribution in [0.25, 0.3) is 0 Å². The molecular formula is C9H16O. The number of rotatable bonds is 4. The first kappa shape index (κ1) is 7.77. The van der Waals surface area contributed by atoms with E-state index in [0.717, 1.165) is 25.7 Å². The average Bonchev–Trinajstić information content (AvgIpc) is 2.48. The predicted octanol–water partition coefficient (Wildman–Crippen LogP) is 2.40. The van der Waals surface area contributed by atoms with Crippen molar-refractivity contribution in [3.63, 3.8) is 0 Å². The SMILES string of the molecule is CCCC1C(=O)C1CCC. The molecule has 0 spiro atoms. The van der Waals surface area contributed by atoms with Crippen molar-refractivity contribution in [1.82, 2.24) is 0 Å². The third-order valence-corrected chi connectivity index (χ3v) is 2.31. The van der Waals surface area contributed by atoms with Gasteiger partial charge < -0.3 is 0 Å². The Bertz CT molecular complexity index is 115. The summed E-state index contributed by atoms with van der Waals surface area (Å²) >= 11 is 0. The summed E-state index contributed by atoms with van der Waals surface area (Å²) in [6, 6.07) is 0. The summed E-state index contributed by atoms with van der Waals surface area (Å²) in [5, 5.41) is 0. The lowest BCUT2D eigenvalue weighted by Crippen LogP contribution is -1.80. The van der Waals surface area contributed by atoms with Gasteiger partial charge >= 0.3 is 0 Å². The Kier molecular flexibility index (Phi) is 2.47. The van der Waals surface area contributed by atoms with E-state index in [0.29, 0.717) is 17.6 Å². The van der Waals surface area contributed by atoms with Crippen molar-refractivity contribution >= 4 is 5.78 Å². The monoisotopic (exact) mass is 140 g/mol. The Morgan fingerprint density at radius 1 is 1.10 bits per heavy atom. The number of ketones is 1. The quantitative estimate of drug-likeness (QED) is 0.586. The minimum atomic E-state index is 0.463. The Hall–Kier alpha value is -0.330. The normalized spacial score (nSPS) is 30.8. The molecule has 58 valence electrons. The highest BCUT2D eigenvalue weighted by molar-refractivity contribution is 5.99. The molecular weight excluding hydrogens is 124 g/mol. The lowest BCUT2D eigenvalue weighted by atomic mass is 10.1. The smallest absolute Gasteiger partial charge is 0.140 e. The number of hydrogen-bond acceptors (Lipinski definition) is 1. The standard InChI is InChI=1S/C9H16O/c1-3-5-7-8(6-4-2)9(7)10/h7-8H,3-6H2,1-2H3. The first-order chi connectivity index (χ1) is 4.81. The first-order valence-corrected chi connectivity index (χ1v) is 4.35. The van der Waals surface area contributed by atoms with E-state index in [-0.39, 0.29) is 0 Å². The van der Waals surface area contributed by atoms with E-state index in [1.54, 1.807) is 0 Å². The molecule has 0 aromatic heterocycles. The first-order valence-electron chi connectivity index (χ1n) is 4.35. The Labute approximate surface area is 62.8 Å². The highest BCUT2D eigenvalue weighted by Gasteiger charge is 2.46. The van der Waals surface area contributed by atoms with Crippen LogP contribution in [-0.4, -0.2) is 5.78 Å². The summed E-state index contributed by atoms with van der Waals surface area (Å²) < 4.78 is 0. The molecule has 2 unspecified atom stereocenters. The van der Waals surface area contributed by atoms with E-state index in [4.69, 9.17) is 0 Å². The highest BCUT2D eigenvalue weighted by atomic mass is 16.1. The van der Waals surface area contributed by atoms with Gasteiger partial charge in [-0.15, -0.1) is 0 Å². The van der Waals surface area contributed by atoms with Crippen LogP contribution in [0.5, 0.6) is 0 Å². The number of Topliss-reactive ketones (excluding diaryl/α,β-unsaturated/α-hetero) is 1. The van der Waals surface area contributed by atoms with Gasteiger partial charge in [0, 0.05) is 11.8 Å². The number of carbonyl (C=O) groups is 1. The van der Waals surface area contributed by atoms with Gasteiger partial charge in [0.1, 0.15) is 5.78 Å². The van der Waals surface area contributed by atoms with Crippen LogP contribution in [-0.2, 0) is 4.79 Å². The molecule has 0 radical (unpaired) electrons. The van der Waals surface area contributed by atoms with Crippen molar-refractivity contribution < 1.29 is 4.79 Å². The maximum atomic E-state index is 11.0. The van der Waals surface area contributed by atoms with Crippen molar-refractivity contribution in [2.24, 2.45) is 11.8 Å². The third-order valence-electron chi connectivity index (χ3n) is 2.31. The van der Waals surface area contributed by atoms with E-state index in [2.05, 4.69) is 13.8 Å². The summed E-state index contributed by atoms with van der Waals surface area (Å²) in [5.41, 5.74) is 0. The zero-order valence-electron chi connectivity index (χ0n) is 6.89. The Balaban J connectivity index is 2.20. The maximum Gasteiger partial charge on any atom is 0.140 e. The highest BCUT2D eigenvalue weighted by Crippen LogP contribution is 2.40. The second-order valence-electron chi connectivity index (χ2n) is 3.19. The summed E-state index contributed by atoms with van der Waals surface area (Å²) in [6.45, 7) is 4.29. The van der Waals surface area contributed by atoms with Crippen LogP contribution in [0.1, 0.15) is 39.5 Å². The van der Waals surface area contributed by atoms with Gasteiger partial charge in [-0.3, -0.25) is 4.79 Å². The zero-order valence-corrected chi connectivity index (χ0v) is 6.89. The minimum Gasteiger partial charge on any atom is -0.299 e. The molecule has 0 aliphatic heterocycles. The molecule has 0 saturated heterocycles. The number of carbonyl (C=O) groups excluding carboxylic acids is 1. The molecule has 1 saturated carbocycles. The molecule has 0 amide bonds. The second-order valence-corrected chi connectivity index (χ2v) is 3.19. The van der Waals surface area contributed by atoms with Crippen molar-refractivity contribution in [3.8, 4) is 0 Å². The van der Waals surface area contributed by atoms with Gasteiger partial charge in [-0.1, -0.05) is 26.7 Å². The molecule has 1 aliphatic rings. The van der Waals surface area contributed by atoms with Crippen LogP contribution < -0.4 is 0 Å². The van der Waals surface area contributed by atoms with Crippen LogP contribution in [0, 0.1) is 11.8 Å². The molecule has 0 bridgehead atoms. The summed E-state index contributed by atoms with van der Waals surface area (Å²) in [4.78, 5) is 11.0. The largest absolute Gasteiger partial charge is 0.299 e. The van der Waals surface area contributed by atoms with Crippen LogP contribution >= 0.6 is 0 Å². The van der Waals surface area contributed by atoms with Crippen LogP contribution in [0.2, 0.25) is 0 Å². The van der Waals surface area contributed by atoms with Gasteiger partial charge in [-0.25, -0.2) is 0 Å². The lowest BCUT2D eigenvalue weighted by Gasteiger charge is -1.90. The van der Waals surface area contributed by atoms with Crippen molar-refractivity contribution in [3.05, 3.63) is 0 Å². The summed E-state index contributed by atoms with van der Waals surface area (Å²) in [5.74, 6) is 1.46. The number of hydrogen-bond donors (Lipinski definition) is 0. The lowest BCUT2D eigenvalue weighted by molar-refractivity contribution is -0.112. The van der Waals surface area contributed by atoms with E-state index < -0.39 is 0 Å². The minimum absolute atomic E-state index is 0.463. The molecule has 10 heavy (non-hydrogen) atoms. The summed E-state index contributed by atoms with van der Waals surface area (Å²) in [6.07, 6.45) is 4.58. The van der Waals surface area contributed by atoms with Crippen molar-refractivity contribution in [2.45, 2.75) is 39.5 Å². The fourth-order valence-corrected chi connectivity index (χ4v) is 1.66. The van der Waals surface area contributed by atoms with Gasteiger partial charge in [0.2, 0.25) is 0 Å². The summed E-state index contributed by atoms with van der Waals surface area (Å²) in [7, 11) is 0. The molecule has 1 rings (SSSR count). The predicted molar refractivity (Wildman–Crippen MR) is 41.8 cm³/mol. The molecule has 0 N–H and O–H groups in total. The van der Waals surface area contributed by atoms with Crippen LogP contribution in [0.3, 0.4) is 0 Å². The van der Waals surface area contributed by atoms with E-state index in [1.807, 2.05) is 0 Å². The van der Waals surface area contributed by atoms with Gasteiger partial charge in [0.25, 0.3) is 0 Å². The molecule has 0 heterocycles. The molecule has 1 heteroatoms. The second kappa shape index (κ2) is 3.18. The van der Waals surface area contributed by atoms with Gasteiger partial charge in [0.05, 0.1) is 0 Å². The van der Waals surface area contributed by atoms with Gasteiger partial charge in [0.15, 0.2) is 0 Å². The third kappa shape index (κ3) is 1.39. The van der Waals surface area contributed by atoms with E-state index in [9.17, 15) is 4.79 Å². The van der Waals surface area contributed by atoms with Crippen LogP contribution in [0.15, 0.2) is 0 Å². The van der Waals surface area contributed by atoms with Crippen molar-refractivity contribution in [2.75, 3.05) is 0 Å². The fourth-order valence-electron chi connectivity index (χ4n) is 1.66. The molecule has 2 atom stereocenters. The Morgan fingerprint density at radius 3 is 1.80 bits per heavy atom. The van der Waals surface area contributed by atoms with Crippen LogP contribution in [0.4, 0.5) is 0 Å². The molecule has 0 aromatic rings. The molecule has 1 nitrogen and oxygen atoms in total. The Morgan fingerprint density at radius 2 is 1.50 bits per heavy atom. The van der Waals surface area contributed by atoms with Gasteiger partial charge in [-0.2, -0.15) is 0 Å². The van der Waals surface area contributed by atoms with Crippen molar-refractivity contribution in [1.29, 1.82) is 0 Å². The maximum absolute atomic E-state index is 11.0. The zero-order chi connectivity index (χ0) is 7.56. The fraction of sp³-hybridized carbons (Fsp3) is 0.889. The molecule has 1 aliphatic carbocycles. The molecule has 1 fully saturated rings. The molecule has 0 aromatic carbocycles.